The van der Waals surface area contributed by atoms with Crippen molar-refractivity contribution in [2.75, 3.05) is 0 Å². The molecule has 0 bridgehead atoms. The molecular weight excluding hydrogens is 679 g/mol. The zero-order chi connectivity index (χ0) is 33.5. The number of aromatic nitrogens is 3. The summed E-state index contributed by atoms with van der Waals surface area (Å²) in [5, 5.41) is 7.67. The van der Waals surface area contributed by atoms with Gasteiger partial charge in [-0.1, -0.05) is 115 Å². The molecule has 0 aliphatic heterocycles. The number of thiophene rings is 3. The van der Waals surface area contributed by atoms with E-state index in [9.17, 15) is 0 Å². The smallest absolute Gasteiger partial charge is 0.165 e. The van der Waals surface area contributed by atoms with Gasteiger partial charge in [-0.25, -0.2) is 15.0 Å². The Morgan fingerprint density at radius 1 is 0.314 bits per heavy atom. The molecule has 0 saturated heterocycles. The van der Waals surface area contributed by atoms with E-state index < -0.39 is 0 Å². The molecule has 0 atom stereocenters. The van der Waals surface area contributed by atoms with Gasteiger partial charge in [0.15, 0.2) is 17.5 Å². The van der Waals surface area contributed by atoms with Gasteiger partial charge in [0.2, 0.25) is 0 Å². The van der Waals surface area contributed by atoms with Crippen molar-refractivity contribution in [1.82, 2.24) is 15.0 Å². The summed E-state index contributed by atoms with van der Waals surface area (Å²) in [5.41, 5.74) is 5.49. The van der Waals surface area contributed by atoms with Gasteiger partial charge in [-0.05, 0) is 47.5 Å². The second kappa shape index (κ2) is 11.4. The predicted octanol–water partition coefficient (Wildman–Crippen LogP) is 13.6. The van der Waals surface area contributed by atoms with Crippen molar-refractivity contribution in [3.05, 3.63) is 152 Å². The van der Waals surface area contributed by atoms with E-state index >= 15 is 0 Å². The molecule has 11 aromatic rings. The van der Waals surface area contributed by atoms with Crippen LogP contribution in [0.2, 0.25) is 0 Å². The quantitative estimate of drug-likeness (QED) is 0.183. The Labute approximate surface area is 304 Å². The van der Waals surface area contributed by atoms with Crippen LogP contribution in [-0.2, 0) is 0 Å². The van der Waals surface area contributed by atoms with Gasteiger partial charge in [0, 0.05) is 77.2 Å². The summed E-state index contributed by atoms with van der Waals surface area (Å²) in [6.45, 7) is 0. The van der Waals surface area contributed by atoms with Gasteiger partial charge in [0.05, 0.1) is 0 Å². The van der Waals surface area contributed by atoms with Gasteiger partial charge in [0.25, 0.3) is 0 Å². The van der Waals surface area contributed by atoms with Crippen LogP contribution in [0.25, 0.3) is 106 Å². The zero-order valence-corrected chi connectivity index (χ0v) is 29.4. The molecule has 6 heteroatoms. The summed E-state index contributed by atoms with van der Waals surface area (Å²) in [6, 6.07) is 54.2. The van der Waals surface area contributed by atoms with E-state index in [-0.39, 0.29) is 0 Å². The lowest BCUT2D eigenvalue weighted by Crippen LogP contribution is -2.00. The third-order valence-electron chi connectivity index (χ3n) is 9.76. The molecular formula is C45H25N3S3. The Kier molecular flexibility index (Phi) is 6.46. The van der Waals surface area contributed by atoms with E-state index in [0.717, 1.165) is 16.7 Å². The van der Waals surface area contributed by atoms with E-state index in [2.05, 4.69) is 133 Å². The van der Waals surface area contributed by atoms with Crippen molar-refractivity contribution in [2.24, 2.45) is 0 Å². The summed E-state index contributed by atoms with van der Waals surface area (Å²) in [6.07, 6.45) is 0. The first-order valence-corrected chi connectivity index (χ1v) is 19.3. The minimum absolute atomic E-state index is 0.668. The summed E-state index contributed by atoms with van der Waals surface area (Å²) >= 11 is 5.48. The maximum Gasteiger partial charge on any atom is 0.165 e. The predicted molar refractivity (Wildman–Crippen MR) is 220 cm³/mol. The molecule has 0 spiro atoms. The van der Waals surface area contributed by atoms with E-state index in [4.69, 9.17) is 15.0 Å². The fraction of sp³-hybridized carbons (Fsp3) is 0. The van der Waals surface area contributed by atoms with Crippen LogP contribution < -0.4 is 0 Å². The Hall–Kier alpha value is -5.79. The molecule has 0 aliphatic carbocycles. The van der Waals surface area contributed by atoms with E-state index in [0.29, 0.717) is 17.5 Å². The van der Waals surface area contributed by atoms with Crippen molar-refractivity contribution < 1.29 is 0 Å². The Morgan fingerprint density at radius 2 is 0.843 bits per heavy atom. The molecule has 0 N–H and O–H groups in total. The van der Waals surface area contributed by atoms with Crippen LogP contribution >= 0.6 is 34.0 Å². The third-order valence-corrected chi connectivity index (χ3v) is 13.2. The molecule has 238 valence electrons. The minimum atomic E-state index is 0.668. The lowest BCUT2D eigenvalue weighted by molar-refractivity contribution is 1.08. The van der Waals surface area contributed by atoms with E-state index in [1.54, 1.807) is 0 Å². The number of hydrogen-bond donors (Lipinski definition) is 0. The van der Waals surface area contributed by atoms with Gasteiger partial charge in [-0.15, -0.1) is 34.0 Å². The van der Waals surface area contributed by atoms with E-state index in [1.165, 1.54) is 71.6 Å². The summed E-state index contributed by atoms with van der Waals surface area (Å²) < 4.78 is 7.56. The first kappa shape index (κ1) is 29.0. The topological polar surface area (TPSA) is 38.7 Å². The van der Waals surface area contributed by atoms with Gasteiger partial charge in [-0.2, -0.15) is 0 Å². The molecule has 0 unspecified atom stereocenters. The highest BCUT2D eigenvalue weighted by Gasteiger charge is 2.20. The third kappa shape index (κ3) is 4.58. The Morgan fingerprint density at radius 3 is 1.65 bits per heavy atom. The lowest BCUT2D eigenvalue weighted by atomic mass is 9.95. The van der Waals surface area contributed by atoms with Crippen LogP contribution in [0.1, 0.15) is 0 Å². The number of fused-ring (bicyclic) bond motifs is 9. The van der Waals surface area contributed by atoms with Crippen LogP contribution in [0, 0.1) is 0 Å². The highest BCUT2D eigenvalue weighted by atomic mass is 32.1. The molecule has 4 heterocycles. The molecule has 0 amide bonds. The number of benzene rings is 7. The molecule has 7 aromatic carbocycles. The molecule has 4 aromatic heterocycles. The minimum Gasteiger partial charge on any atom is -0.208 e. The summed E-state index contributed by atoms with van der Waals surface area (Å²) in [4.78, 5) is 15.4. The second-order valence-electron chi connectivity index (χ2n) is 12.7. The molecule has 51 heavy (non-hydrogen) atoms. The summed E-state index contributed by atoms with van der Waals surface area (Å²) in [7, 11) is 0. The van der Waals surface area contributed by atoms with Crippen LogP contribution in [0.15, 0.2) is 152 Å². The normalized spacial score (nSPS) is 11.9. The van der Waals surface area contributed by atoms with Crippen molar-refractivity contribution in [2.45, 2.75) is 0 Å². The molecule has 0 saturated carbocycles. The maximum absolute atomic E-state index is 5.22. The standard InChI is InChI=1S/C45H25N3S3/c1-2-11-26(12-3-1)43-46-44(27-23-24-29-28-13-4-6-19-35(28)50-39(29)25-27)48-45(47-43)34-18-8-17-33-41-31(16-10-22-38(41)51-42(33)34)30-15-9-21-37-40(30)32-14-5-7-20-36(32)49-37/h1-25H. The largest absolute Gasteiger partial charge is 0.208 e. The van der Waals surface area contributed by atoms with Crippen LogP contribution in [-0.4, -0.2) is 15.0 Å². The lowest BCUT2D eigenvalue weighted by Gasteiger charge is -2.10. The van der Waals surface area contributed by atoms with E-state index in [1.807, 2.05) is 52.2 Å². The molecule has 11 rings (SSSR count). The van der Waals surface area contributed by atoms with Crippen LogP contribution in [0.3, 0.4) is 0 Å². The monoisotopic (exact) mass is 703 g/mol. The SMILES string of the molecule is c1ccc(-c2nc(-c3ccc4c(c3)sc3ccccc34)nc(-c3cccc4c3sc3cccc(-c5cccc6sc7ccccc7c56)c34)n2)cc1. The van der Waals surface area contributed by atoms with Crippen molar-refractivity contribution in [3.8, 4) is 45.3 Å². The van der Waals surface area contributed by atoms with Crippen LogP contribution in [0.4, 0.5) is 0 Å². The molecule has 3 nitrogen and oxygen atoms in total. The van der Waals surface area contributed by atoms with Gasteiger partial charge in [-0.3, -0.25) is 0 Å². The number of nitrogens with zero attached hydrogens (tertiary/aromatic N) is 3. The highest BCUT2D eigenvalue weighted by molar-refractivity contribution is 7.27. The number of hydrogen-bond acceptors (Lipinski definition) is 6. The van der Waals surface area contributed by atoms with Gasteiger partial charge < -0.3 is 0 Å². The average Bonchev–Trinajstić information content (AvgIpc) is 3.89. The Balaban J connectivity index is 1.14. The summed E-state index contributed by atoms with van der Waals surface area (Å²) in [5.74, 6) is 2.02. The first-order valence-electron chi connectivity index (χ1n) is 16.9. The number of rotatable bonds is 4. The second-order valence-corrected chi connectivity index (χ2v) is 15.9. The fourth-order valence-electron chi connectivity index (χ4n) is 7.45. The molecule has 0 radical (unpaired) electrons. The van der Waals surface area contributed by atoms with Gasteiger partial charge in [0.1, 0.15) is 0 Å². The van der Waals surface area contributed by atoms with Gasteiger partial charge >= 0.3 is 0 Å². The Bertz CT molecular complexity index is 3150. The molecule has 0 fully saturated rings. The zero-order valence-electron chi connectivity index (χ0n) is 27.0. The van der Waals surface area contributed by atoms with Crippen molar-refractivity contribution >= 4 is 94.5 Å². The van der Waals surface area contributed by atoms with Crippen LogP contribution in [0.5, 0.6) is 0 Å². The highest BCUT2D eigenvalue weighted by Crippen LogP contribution is 2.47. The molecule has 0 aliphatic rings. The van der Waals surface area contributed by atoms with Crippen molar-refractivity contribution in [1.29, 1.82) is 0 Å². The first-order chi connectivity index (χ1) is 25.3. The van der Waals surface area contributed by atoms with Crippen molar-refractivity contribution in [3.63, 3.8) is 0 Å². The maximum atomic E-state index is 5.22. The average molecular weight is 704 g/mol. The fourth-order valence-corrected chi connectivity index (χ4v) is 11.0.